The van der Waals surface area contributed by atoms with E-state index in [1.807, 2.05) is 0 Å². The quantitative estimate of drug-likeness (QED) is 0.838. The molecule has 2 heteroatoms. The van der Waals surface area contributed by atoms with Gasteiger partial charge in [0.2, 0.25) is 0 Å². The molecule has 0 aromatic rings. The van der Waals surface area contributed by atoms with Crippen molar-refractivity contribution in [2.45, 2.75) is 77.4 Å². The minimum Gasteiger partial charge on any atom is -0.311 e. The first-order chi connectivity index (χ1) is 9.15. The lowest BCUT2D eigenvalue weighted by Gasteiger charge is -2.50. The fourth-order valence-electron chi connectivity index (χ4n) is 4.55. The second kappa shape index (κ2) is 5.73. The van der Waals surface area contributed by atoms with Gasteiger partial charge in [0.15, 0.2) is 0 Å². The van der Waals surface area contributed by atoms with Crippen molar-refractivity contribution in [3.8, 4) is 0 Å². The molecule has 3 rings (SSSR count). The number of piperidine rings is 1. The first-order valence-electron chi connectivity index (χ1n) is 8.65. The zero-order valence-corrected chi connectivity index (χ0v) is 13.1. The molecule has 1 N–H and O–H groups in total. The van der Waals surface area contributed by atoms with Gasteiger partial charge in [-0.15, -0.1) is 0 Å². The highest BCUT2D eigenvalue weighted by atomic mass is 15.2. The van der Waals surface area contributed by atoms with E-state index in [2.05, 4.69) is 31.0 Å². The van der Waals surface area contributed by atoms with Gasteiger partial charge in [-0.05, 0) is 64.2 Å². The standard InChI is InChI=1S/C17H32N2/c1-12(2)19-10-15-8-5-9-16(11-19)17(15)18-13(3)14-6-4-7-14/h12-18H,4-11H2,1-3H3. The van der Waals surface area contributed by atoms with E-state index in [9.17, 15) is 0 Å². The van der Waals surface area contributed by atoms with Crippen LogP contribution in [0.25, 0.3) is 0 Å². The molecule has 110 valence electrons. The van der Waals surface area contributed by atoms with Crippen molar-refractivity contribution < 1.29 is 0 Å². The molecule has 1 heterocycles. The maximum absolute atomic E-state index is 4.06. The summed E-state index contributed by atoms with van der Waals surface area (Å²) in [6.07, 6.45) is 8.78. The van der Waals surface area contributed by atoms with E-state index in [0.29, 0.717) is 0 Å². The Morgan fingerprint density at radius 1 is 0.895 bits per heavy atom. The summed E-state index contributed by atoms with van der Waals surface area (Å²) in [7, 11) is 0. The van der Waals surface area contributed by atoms with Crippen molar-refractivity contribution in [2.24, 2.45) is 17.8 Å². The van der Waals surface area contributed by atoms with Crippen molar-refractivity contribution in [3.63, 3.8) is 0 Å². The molecule has 2 aliphatic carbocycles. The summed E-state index contributed by atoms with van der Waals surface area (Å²) < 4.78 is 0. The maximum Gasteiger partial charge on any atom is 0.0151 e. The van der Waals surface area contributed by atoms with Gasteiger partial charge in [0, 0.05) is 31.2 Å². The Labute approximate surface area is 119 Å². The summed E-state index contributed by atoms with van der Waals surface area (Å²) >= 11 is 0. The van der Waals surface area contributed by atoms with Crippen molar-refractivity contribution in [1.82, 2.24) is 10.2 Å². The van der Waals surface area contributed by atoms with Gasteiger partial charge < -0.3 is 10.2 Å². The van der Waals surface area contributed by atoms with Crippen molar-refractivity contribution in [2.75, 3.05) is 13.1 Å². The van der Waals surface area contributed by atoms with Crippen LogP contribution < -0.4 is 5.32 Å². The second-order valence-electron chi connectivity index (χ2n) is 7.67. The monoisotopic (exact) mass is 264 g/mol. The van der Waals surface area contributed by atoms with Crippen molar-refractivity contribution in [3.05, 3.63) is 0 Å². The Kier molecular flexibility index (Phi) is 4.19. The largest absolute Gasteiger partial charge is 0.311 e. The number of hydrogen-bond donors (Lipinski definition) is 1. The highest BCUT2D eigenvalue weighted by Gasteiger charge is 2.41. The molecular formula is C17H32N2. The average molecular weight is 264 g/mol. The first-order valence-corrected chi connectivity index (χ1v) is 8.65. The molecule has 0 radical (unpaired) electrons. The Bertz CT molecular complexity index is 284. The minimum atomic E-state index is 0.730. The van der Waals surface area contributed by atoms with Crippen LogP contribution in [-0.4, -0.2) is 36.1 Å². The van der Waals surface area contributed by atoms with Gasteiger partial charge in [-0.2, -0.15) is 0 Å². The Hall–Kier alpha value is -0.0800. The van der Waals surface area contributed by atoms with Gasteiger partial charge in [0.25, 0.3) is 0 Å². The summed E-state index contributed by atoms with van der Waals surface area (Å²) in [6.45, 7) is 9.84. The van der Waals surface area contributed by atoms with Crippen LogP contribution in [0.4, 0.5) is 0 Å². The zero-order chi connectivity index (χ0) is 13.4. The third-order valence-electron chi connectivity index (χ3n) is 6.15. The fraction of sp³-hybridized carbons (Fsp3) is 1.00. The average Bonchev–Trinajstić information content (AvgIpc) is 2.25. The third-order valence-corrected chi connectivity index (χ3v) is 6.15. The molecular weight excluding hydrogens is 232 g/mol. The predicted octanol–water partition coefficient (Wildman–Crippen LogP) is 3.27. The molecule has 3 atom stereocenters. The van der Waals surface area contributed by atoms with E-state index < -0.39 is 0 Å². The van der Waals surface area contributed by atoms with Crippen LogP contribution in [0.15, 0.2) is 0 Å². The smallest absolute Gasteiger partial charge is 0.0151 e. The van der Waals surface area contributed by atoms with Gasteiger partial charge in [0.1, 0.15) is 0 Å². The van der Waals surface area contributed by atoms with Crippen molar-refractivity contribution in [1.29, 1.82) is 0 Å². The van der Waals surface area contributed by atoms with Crippen LogP contribution in [-0.2, 0) is 0 Å². The summed E-state index contributed by atoms with van der Waals surface area (Å²) in [6, 6.07) is 2.31. The number of rotatable bonds is 4. The van der Waals surface area contributed by atoms with Crippen LogP contribution in [0.3, 0.4) is 0 Å². The molecule has 3 aliphatic rings. The number of nitrogens with zero attached hydrogens (tertiary/aromatic N) is 1. The van der Waals surface area contributed by atoms with Gasteiger partial charge in [-0.3, -0.25) is 0 Å². The van der Waals surface area contributed by atoms with Gasteiger partial charge >= 0.3 is 0 Å². The lowest BCUT2D eigenvalue weighted by Crippen LogP contribution is -2.60. The lowest BCUT2D eigenvalue weighted by molar-refractivity contribution is 0.0197. The normalized spacial score (nSPS) is 38.2. The predicted molar refractivity (Wildman–Crippen MR) is 81.3 cm³/mol. The number of likely N-dealkylation sites (tertiary alicyclic amines) is 1. The van der Waals surface area contributed by atoms with Crippen LogP contribution in [0.1, 0.15) is 59.3 Å². The highest BCUT2D eigenvalue weighted by Crippen LogP contribution is 2.37. The van der Waals surface area contributed by atoms with Crippen molar-refractivity contribution >= 4 is 0 Å². The first kappa shape index (κ1) is 13.9. The second-order valence-corrected chi connectivity index (χ2v) is 7.67. The molecule has 0 aromatic carbocycles. The number of nitrogens with one attached hydrogen (secondary N) is 1. The lowest BCUT2D eigenvalue weighted by atomic mass is 9.72. The van der Waals surface area contributed by atoms with Crippen LogP contribution in [0.2, 0.25) is 0 Å². The molecule has 1 aliphatic heterocycles. The van der Waals surface area contributed by atoms with Crippen LogP contribution >= 0.6 is 0 Å². The maximum atomic E-state index is 4.06. The van der Waals surface area contributed by atoms with E-state index >= 15 is 0 Å². The van der Waals surface area contributed by atoms with Gasteiger partial charge in [-0.25, -0.2) is 0 Å². The van der Waals surface area contributed by atoms with Crippen LogP contribution in [0.5, 0.6) is 0 Å². The minimum absolute atomic E-state index is 0.730. The van der Waals surface area contributed by atoms with Gasteiger partial charge in [0.05, 0.1) is 0 Å². The highest BCUT2D eigenvalue weighted by molar-refractivity contribution is 4.97. The van der Waals surface area contributed by atoms with Gasteiger partial charge in [-0.1, -0.05) is 12.8 Å². The summed E-state index contributed by atoms with van der Waals surface area (Å²) in [5, 5.41) is 4.06. The molecule has 1 saturated heterocycles. The molecule has 19 heavy (non-hydrogen) atoms. The molecule has 3 fully saturated rings. The Morgan fingerprint density at radius 3 is 1.95 bits per heavy atom. The SMILES string of the molecule is CC(NC1C2CCCC1CN(C(C)C)C2)C1CCC1. The summed E-state index contributed by atoms with van der Waals surface area (Å²) in [4.78, 5) is 2.72. The number of fused-ring (bicyclic) bond motifs is 2. The molecule has 2 bridgehead atoms. The Morgan fingerprint density at radius 2 is 1.47 bits per heavy atom. The topological polar surface area (TPSA) is 15.3 Å². The molecule has 0 spiro atoms. The third kappa shape index (κ3) is 2.85. The summed E-state index contributed by atoms with van der Waals surface area (Å²) in [5.74, 6) is 2.80. The summed E-state index contributed by atoms with van der Waals surface area (Å²) in [5.41, 5.74) is 0. The number of hydrogen-bond acceptors (Lipinski definition) is 2. The molecule has 0 amide bonds. The van der Waals surface area contributed by atoms with E-state index in [1.165, 1.54) is 51.6 Å². The Balaban J connectivity index is 1.61. The fourth-order valence-corrected chi connectivity index (χ4v) is 4.55. The van der Waals surface area contributed by atoms with E-state index in [-0.39, 0.29) is 0 Å². The zero-order valence-electron chi connectivity index (χ0n) is 13.1. The van der Waals surface area contributed by atoms with E-state index in [0.717, 1.165) is 35.9 Å². The van der Waals surface area contributed by atoms with Crippen LogP contribution in [0, 0.1) is 17.8 Å². The molecule has 3 unspecified atom stereocenters. The molecule has 0 aromatic heterocycles. The van der Waals surface area contributed by atoms with E-state index in [1.54, 1.807) is 0 Å². The van der Waals surface area contributed by atoms with E-state index in [4.69, 9.17) is 0 Å². The molecule has 2 nitrogen and oxygen atoms in total. The molecule has 2 saturated carbocycles.